The smallest absolute Gasteiger partial charge is 0.349 e. The average molecular weight is 268 g/mol. The number of nitrogen functional groups attached to an aromatic ring is 1. The van der Waals surface area contributed by atoms with Crippen LogP contribution in [0.2, 0.25) is 0 Å². The van der Waals surface area contributed by atoms with Crippen LogP contribution in [0, 0.1) is 21.7 Å². The zero-order valence-electron chi connectivity index (χ0n) is 9.21. The molecule has 1 heterocycles. The van der Waals surface area contributed by atoms with Gasteiger partial charge >= 0.3 is 11.6 Å². The predicted molar refractivity (Wildman–Crippen MR) is 59.5 cm³/mol. The molecule has 1 aromatic carbocycles. The van der Waals surface area contributed by atoms with Crippen LogP contribution in [0.1, 0.15) is 0 Å². The molecule has 19 heavy (non-hydrogen) atoms. The molecule has 2 rings (SSSR count). The molecule has 98 valence electrons. The van der Waals surface area contributed by atoms with Crippen LogP contribution in [-0.4, -0.2) is 14.9 Å². The molecule has 0 amide bonds. The summed E-state index contributed by atoms with van der Waals surface area (Å²) in [6, 6.07) is 2.43. The van der Waals surface area contributed by atoms with Gasteiger partial charge in [-0.3, -0.25) is 10.1 Å². The summed E-state index contributed by atoms with van der Waals surface area (Å²) < 4.78 is 31.2. The zero-order valence-corrected chi connectivity index (χ0v) is 9.21. The Morgan fingerprint density at radius 3 is 2.79 bits per heavy atom. The van der Waals surface area contributed by atoms with Crippen molar-refractivity contribution in [3.63, 3.8) is 0 Å². The molecular formula is C10H6F2N4O3. The minimum Gasteiger partial charge on any atom is -0.430 e. The summed E-state index contributed by atoms with van der Waals surface area (Å²) in [5, 5.41) is 10.7. The molecule has 0 saturated heterocycles. The van der Waals surface area contributed by atoms with Gasteiger partial charge in [0.25, 0.3) is 0 Å². The monoisotopic (exact) mass is 268 g/mol. The van der Waals surface area contributed by atoms with E-state index in [2.05, 4.69) is 9.97 Å². The van der Waals surface area contributed by atoms with E-state index in [1.54, 1.807) is 0 Å². The van der Waals surface area contributed by atoms with Crippen LogP contribution in [0.4, 0.5) is 20.4 Å². The van der Waals surface area contributed by atoms with Crippen LogP contribution in [0.15, 0.2) is 24.4 Å². The van der Waals surface area contributed by atoms with Gasteiger partial charge in [-0.25, -0.2) is 13.8 Å². The van der Waals surface area contributed by atoms with E-state index in [0.717, 1.165) is 24.4 Å². The largest absolute Gasteiger partial charge is 0.430 e. The minimum atomic E-state index is -0.895. The first kappa shape index (κ1) is 12.6. The second kappa shape index (κ2) is 4.80. The highest BCUT2D eigenvalue weighted by Crippen LogP contribution is 2.30. The molecule has 0 aliphatic carbocycles. The second-order valence-corrected chi connectivity index (χ2v) is 3.35. The average Bonchev–Trinajstić information content (AvgIpc) is 2.33. The Kier molecular flexibility index (Phi) is 3.19. The third-order valence-corrected chi connectivity index (χ3v) is 2.05. The Morgan fingerprint density at radius 1 is 1.37 bits per heavy atom. The number of nitrogens with zero attached hydrogens (tertiary/aromatic N) is 3. The molecular weight excluding hydrogens is 262 g/mol. The van der Waals surface area contributed by atoms with Gasteiger partial charge in [0.2, 0.25) is 5.95 Å². The van der Waals surface area contributed by atoms with Gasteiger partial charge < -0.3 is 10.5 Å². The summed E-state index contributed by atoms with van der Waals surface area (Å²) in [6.07, 6.45) is 0.814. The molecule has 9 heteroatoms. The van der Waals surface area contributed by atoms with Crippen molar-refractivity contribution < 1.29 is 18.4 Å². The molecule has 0 unspecified atom stereocenters. The van der Waals surface area contributed by atoms with Crippen molar-refractivity contribution in [2.24, 2.45) is 0 Å². The van der Waals surface area contributed by atoms with E-state index in [4.69, 9.17) is 10.5 Å². The topological polar surface area (TPSA) is 104 Å². The standard InChI is InChI=1S/C10H6F2N4O3/c11-5-1-2-6(12)8(3-5)19-9-7(16(17)18)4-14-10(13)15-9/h1-4H,(H2,13,14,15). The first-order valence-corrected chi connectivity index (χ1v) is 4.87. The maximum Gasteiger partial charge on any atom is 0.349 e. The van der Waals surface area contributed by atoms with E-state index in [9.17, 15) is 18.9 Å². The summed E-state index contributed by atoms with van der Waals surface area (Å²) in [5.74, 6) is -3.06. The van der Waals surface area contributed by atoms with Crippen LogP contribution < -0.4 is 10.5 Å². The lowest BCUT2D eigenvalue weighted by atomic mass is 10.3. The van der Waals surface area contributed by atoms with E-state index >= 15 is 0 Å². The Balaban J connectivity index is 2.45. The molecule has 0 atom stereocenters. The normalized spacial score (nSPS) is 10.2. The quantitative estimate of drug-likeness (QED) is 0.674. The van der Waals surface area contributed by atoms with Crippen molar-refractivity contribution in [2.75, 3.05) is 5.73 Å². The third kappa shape index (κ3) is 2.70. The fourth-order valence-electron chi connectivity index (χ4n) is 1.23. The van der Waals surface area contributed by atoms with Crippen LogP contribution in [0.5, 0.6) is 11.6 Å². The van der Waals surface area contributed by atoms with Crippen LogP contribution in [0.25, 0.3) is 0 Å². The summed E-state index contributed by atoms with van der Waals surface area (Å²) in [4.78, 5) is 16.8. The van der Waals surface area contributed by atoms with Crippen LogP contribution in [-0.2, 0) is 0 Å². The molecule has 2 N–H and O–H groups in total. The Bertz CT molecular complexity index is 651. The summed E-state index contributed by atoms with van der Waals surface area (Å²) in [5.41, 5.74) is 4.64. The van der Waals surface area contributed by atoms with Gasteiger partial charge in [0.1, 0.15) is 12.0 Å². The zero-order chi connectivity index (χ0) is 14.0. The van der Waals surface area contributed by atoms with Gasteiger partial charge in [0.05, 0.1) is 4.92 Å². The highest BCUT2D eigenvalue weighted by Gasteiger charge is 2.20. The highest BCUT2D eigenvalue weighted by molar-refractivity contribution is 5.44. The van der Waals surface area contributed by atoms with E-state index in [1.165, 1.54) is 0 Å². The fourth-order valence-corrected chi connectivity index (χ4v) is 1.23. The van der Waals surface area contributed by atoms with Crippen molar-refractivity contribution in [1.29, 1.82) is 0 Å². The van der Waals surface area contributed by atoms with Crippen molar-refractivity contribution >= 4 is 11.6 Å². The predicted octanol–water partition coefficient (Wildman–Crippen LogP) is 2.04. The maximum absolute atomic E-state index is 13.4. The van der Waals surface area contributed by atoms with E-state index in [-0.39, 0.29) is 5.95 Å². The molecule has 0 saturated carbocycles. The summed E-state index contributed by atoms with van der Waals surface area (Å²) in [7, 11) is 0. The molecule has 0 radical (unpaired) electrons. The molecule has 0 aliphatic heterocycles. The highest BCUT2D eigenvalue weighted by atomic mass is 19.1. The SMILES string of the molecule is Nc1ncc([N+](=O)[O-])c(Oc2cc(F)ccc2F)n1. The Labute approximate surface area is 104 Å². The van der Waals surface area contributed by atoms with Crippen molar-refractivity contribution in [3.8, 4) is 11.6 Å². The molecule has 0 aliphatic rings. The molecule has 2 aromatic rings. The lowest BCUT2D eigenvalue weighted by Gasteiger charge is -2.06. The summed E-state index contributed by atoms with van der Waals surface area (Å²) >= 11 is 0. The molecule has 0 fully saturated rings. The fraction of sp³-hybridized carbons (Fsp3) is 0. The van der Waals surface area contributed by atoms with Crippen molar-refractivity contribution in [1.82, 2.24) is 9.97 Å². The van der Waals surface area contributed by atoms with Gasteiger partial charge in [-0.1, -0.05) is 0 Å². The van der Waals surface area contributed by atoms with Crippen LogP contribution in [0.3, 0.4) is 0 Å². The number of halogens is 2. The minimum absolute atomic E-state index is 0.294. The Hall–Kier alpha value is -2.84. The maximum atomic E-state index is 13.4. The van der Waals surface area contributed by atoms with E-state index in [1.807, 2.05) is 0 Å². The molecule has 7 nitrogen and oxygen atoms in total. The number of hydrogen-bond donors (Lipinski definition) is 1. The number of hydrogen-bond acceptors (Lipinski definition) is 6. The van der Waals surface area contributed by atoms with E-state index in [0.29, 0.717) is 0 Å². The number of nitrogens with two attached hydrogens (primary N) is 1. The number of rotatable bonds is 3. The van der Waals surface area contributed by atoms with Gasteiger partial charge in [0.15, 0.2) is 11.6 Å². The summed E-state index contributed by atoms with van der Waals surface area (Å²) in [6.45, 7) is 0. The third-order valence-electron chi connectivity index (χ3n) is 2.05. The van der Waals surface area contributed by atoms with Gasteiger partial charge in [-0.2, -0.15) is 4.98 Å². The van der Waals surface area contributed by atoms with Gasteiger partial charge in [-0.05, 0) is 12.1 Å². The lowest BCUT2D eigenvalue weighted by molar-refractivity contribution is -0.386. The first-order chi connectivity index (χ1) is 8.97. The first-order valence-electron chi connectivity index (χ1n) is 4.87. The molecule has 0 bridgehead atoms. The van der Waals surface area contributed by atoms with Gasteiger partial charge in [0, 0.05) is 6.07 Å². The molecule has 0 spiro atoms. The van der Waals surface area contributed by atoms with Gasteiger partial charge in [-0.15, -0.1) is 0 Å². The number of nitro groups is 1. The van der Waals surface area contributed by atoms with Crippen molar-refractivity contribution in [2.45, 2.75) is 0 Å². The Morgan fingerprint density at radius 2 is 2.11 bits per heavy atom. The number of aromatic nitrogens is 2. The number of anilines is 1. The van der Waals surface area contributed by atoms with E-state index < -0.39 is 33.9 Å². The number of benzene rings is 1. The van der Waals surface area contributed by atoms with Crippen molar-refractivity contribution in [3.05, 3.63) is 46.1 Å². The second-order valence-electron chi connectivity index (χ2n) is 3.35. The van der Waals surface area contributed by atoms with Crippen LogP contribution >= 0.6 is 0 Å². The lowest BCUT2D eigenvalue weighted by Crippen LogP contribution is -2.02. The molecule has 1 aromatic heterocycles. The number of ether oxygens (including phenoxy) is 1.